The van der Waals surface area contributed by atoms with Gasteiger partial charge in [-0.2, -0.15) is 0 Å². The van der Waals surface area contributed by atoms with Gasteiger partial charge in [-0.05, 0) is 44.2 Å². The molecule has 134 valence electrons. The predicted molar refractivity (Wildman–Crippen MR) is 95.6 cm³/mol. The van der Waals surface area contributed by atoms with E-state index in [0.29, 0.717) is 5.92 Å². The van der Waals surface area contributed by atoms with Gasteiger partial charge in [-0.3, -0.25) is 0 Å². The lowest BCUT2D eigenvalue weighted by atomic mass is 9.92. The van der Waals surface area contributed by atoms with Gasteiger partial charge in [0.2, 0.25) is 0 Å². The maximum atomic E-state index is 12.3. The van der Waals surface area contributed by atoms with Gasteiger partial charge in [0.25, 0.3) is 0 Å². The van der Waals surface area contributed by atoms with Gasteiger partial charge in [0.1, 0.15) is 0 Å². The highest BCUT2D eigenvalue weighted by Crippen LogP contribution is 2.20. The monoisotopic (exact) mass is 324 g/mol. The maximum absolute atomic E-state index is 12.3. The van der Waals surface area contributed by atoms with Crippen LogP contribution in [-0.4, -0.2) is 80.1 Å². The van der Waals surface area contributed by atoms with Crippen LogP contribution in [0.25, 0.3) is 0 Å². The Balaban J connectivity index is 1.63. The molecule has 0 aromatic heterocycles. The average Bonchev–Trinajstić information content (AvgIpc) is 2.94. The van der Waals surface area contributed by atoms with E-state index in [2.05, 4.69) is 42.9 Å². The zero-order valence-electron chi connectivity index (χ0n) is 15.6. The molecular weight excluding hydrogens is 288 g/mol. The largest absolute Gasteiger partial charge is 0.337 e. The summed E-state index contributed by atoms with van der Waals surface area (Å²) in [5.74, 6) is 2.20. The van der Waals surface area contributed by atoms with Crippen LogP contribution in [-0.2, 0) is 0 Å². The molecule has 0 spiro atoms. The van der Waals surface area contributed by atoms with Crippen molar-refractivity contribution in [3.05, 3.63) is 0 Å². The van der Waals surface area contributed by atoms with E-state index in [-0.39, 0.29) is 6.03 Å². The summed E-state index contributed by atoms with van der Waals surface area (Å²) < 4.78 is 0. The third-order valence-corrected chi connectivity index (χ3v) is 5.33. The molecule has 5 heteroatoms. The lowest BCUT2D eigenvalue weighted by molar-refractivity contribution is 0.141. The van der Waals surface area contributed by atoms with Crippen molar-refractivity contribution in [1.82, 2.24) is 20.0 Å². The van der Waals surface area contributed by atoms with E-state index in [1.54, 1.807) is 0 Å². The Kier molecular flexibility index (Phi) is 7.15. The zero-order valence-corrected chi connectivity index (χ0v) is 15.6. The van der Waals surface area contributed by atoms with Crippen molar-refractivity contribution in [2.24, 2.45) is 17.8 Å². The molecule has 0 unspecified atom stereocenters. The van der Waals surface area contributed by atoms with Crippen molar-refractivity contribution in [2.75, 3.05) is 59.4 Å². The number of nitrogens with one attached hydrogen (secondary N) is 1. The number of hydrogen-bond donors (Lipinski definition) is 1. The van der Waals surface area contributed by atoms with E-state index >= 15 is 0 Å². The zero-order chi connectivity index (χ0) is 16.8. The molecule has 23 heavy (non-hydrogen) atoms. The summed E-state index contributed by atoms with van der Waals surface area (Å²) in [5, 5.41) is 3.12. The van der Waals surface area contributed by atoms with Gasteiger partial charge in [-0.1, -0.05) is 20.8 Å². The second kappa shape index (κ2) is 8.88. The van der Waals surface area contributed by atoms with Gasteiger partial charge in [-0.15, -0.1) is 0 Å². The van der Waals surface area contributed by atoms with Crippen LogP contribution in [0, 0.1) is 17.8 Å². The van der Waals surface area contributed by atoms with Gasteiger partial charge >= 0.3 is 6.03 Å². The molecular formula is C18H36N4O. The number of carbonyl (C=O) groups excluding carboxylic acids is 1. The highest BCUT2D eigenvalue weighted by atomic mass is 16.2. The number of rotatable bonds is 6. The lowest BCUT2D eigenvalue weighted by Crippen LogP contribution is -2.45. The first kappa shape index (κ1) is 18.5. The molecule has 0 aromatic carbocycles. The number of urea groups is 1. The summed E-state index contributed by atoms with van der Waals surface area (Å²) in [4.78, 5) is 19.1. The van der Waals surface area contributed by atoms with Crippen molar-refractivity contribution >= 4 is 6.03 Å². The normalized spacial score (nSPS) is 29.3. The Hall–Kier alpha value is -0.810. The second-order valence-corrected chi connectivity index (χ2v) is 7.89. The summed E-state index contributed by atoms with van der Waals surface area (Å²) >= 11 is 0. The van der Waals surface area contributed by atoms with Gasteiger partial charge < -0.3 is 20.0 Å². The fourth-order valence-corrected chi connectivity index (χ4v) is 4.14. The van der Waals surface area contributed by atoms with E-state index in [1.165, 1.54) is 19.5 Å². The van der Waals surface area contributed by atoms with Gasteiger partial charge in [-0.25, -0.2) is 4.79 Å². The standard InChI is InChI=1S/C18H36N4O/c1-5-20(4)13-17-6-8-22(14-17)18(23)19-7-9-21-11-15(2)10-16(3)12-21/h15-17H,5-14H2,1-4H3,(H,19,23)/t15-,16+,17-/m1/s1. The fraction of sp³-hybridized carbons (Fsp3) is 0.944. The quantitative estimate of drug-likeness (QED) is 0.812. The van der Waals surface area contributed by atoms with Crippen LogP contribution in [0.1, 0.15) is 33.6 Å². The number of hydrogen-bond acceptors (Lipinski definition) is 3. The Morgan fingerprint density at radius 2 is 1.91 bits per heavy atom. The highest BCUT2D eigenvalue weighted by Gasteiger charge is 2.27. The van der Waals surface area contributed by atoms with Crippen molar-refractivity contribution in [1.29, 1.82) is 0 Å². The van der Waals surface area contributed by atoms with E-state index in [4.69, 9.17) is 0 Å². The smallest absolute Gasteiger partial charge is 0.317 e. The molecule has 2 rings (SSSR count). The number of nitrogens with zero attached hydrogens (tertiary/aromatic N) is 3. The Bertz CT molecular complexity index is 366. The fourth-order valence-electron chi connectivity index (χ4n) is 4.14. The minimum atomic E-state index is 0.129. The summed E-state index contributed by atoms with van der Waals surface area (Å²) in [7, 11) is 2.16. The van der Waals surface area contributed by atoms with Crippen LogP contribution in [0.15, 0.2) is 0 Å². The molecule has 2 aliphatic rings. The van der Waals surface area contributed by atoms with Crippen LogP contribution in [0.4, 0.5) is 4.79 Å². The Labute approximate surface area is 142 Å². The molecule has 2 saturated heterocycles. The predicted octanol–water partition coefficient (Wildman–Crippen LogP) is 1.95. The van der Waals surface area contributed by atoms with Crippen LogP contribution >= 0.6 is 0 Å². The molecule has 5 nitrogen and oxygen atoms in total. The molecule has 2 aliphatic heterocycles. The third-order valence-electron chi connectivity index (χ3n) is 5.33. The highest BCUT2D eigenvalue weighted by molar-refractivity contribution is 5.74. The maximum Gasteiger partial charge on any atom is 0.317 e. The lowest BCUT2D eigenvalue weighted by Gasteiger charge is -2.35. The van der Waals surface area contributed by atoms with E-state index < -0.39 is 0 Å². The third kappa shape index (κ3) is 5.96. The van der Waals surface area contributed by atoms with Crippen molar-refractivity contribution in [3.8, 4) is 0 Å². The van der Waals surface area contributed by atoms with E-state index in [1.807, 2.05) is 4.90 Å². The first-order chi connectivity index (χ1) is 11.0. The summed E-state index contributed by atoms with van der Waals surface area (Å²) in [6.07, 6.45) is 2.48. The number of likely N-dealkylation sites (tertiary alicyclic amines) is 2. The SMILES string of the molecule is CCN(C)C[C@H]1CCN(C(=O)NCCN2C[C@H](C)C[C@H](C)C2)C1. The summed E-state index contributed by atoms with van der Waals surface area (Å²) in [5.41, 5.74) is 0. The van der Waals surface area contributed by atoms with Crippen LogP contribution in [0.3, 0.4) is 0 Å². The van der Waals surface area contributed by atoms with Crippen molar-refractivity contribution in [2.45, 2.75) is 33.6 Å². The molecule has 2 heterocycles. The van der Waals surface area contributed by atoms with E-state index in [0.717, 1.165) is 57.5 Å². The molecule has 0 radical (unpaired) electrons. The molecule has 1 N–H and O–H groups in total. The number of amides is 2. The first-order valence-corrected chi connectivity index (χ1v) is 9.41. The topological polar surface area (TPSA) is 38.8 Å². The molecule has 0 aromatic rings. The van der Waals surface area contributed by atoms with Crippen LogP contribution in [0.2, 0.25) is 0 Å². The Morgan fingerprint density at radius 3 is 2.57 bits per heavy atom. The van der Waals surface area contributed by atoms with Crippen LogP contribution in [0.5, 0.6) is 0 Å². The molecule has 0 saturated carbocycles. The number of piperidine rings is 1. The van der Waals surface area contributed by atoms with Gasteiger partial charge in [0, 0.05) is 45.8 Å². The van der Waals surface area contributed by atoms with E-state index in [9.17, 15) is 4.79 Å². The second-order valence-electron chi connectivity index (χ2n) is 7.89. The van der Waals surface area contributed by atoms with Crippen molar-refractivity contribution < 1.29 is 4.79 Å². The summed E-state index contributed by atoms with van der Waals surface area (Å²) in [6, 6.07) is 0.129. The first-order valence-electron chi connectivity index (χ1n) is 9.41. The molecule has 3 atom stereocenters. The van der Waals surface area contributed by atoms with Crippen molar-refractivity contribution in [3.63, 3.8) is 0 Å². The van der Waals surface area contributed by atoms with Gasteiger partial charge in [0.15, 0.2) is 0 Å². The molecule has 0 aliphatic carbocycles. The minimum Gasteiger partial charge on any atom is -0.337 e. The molecule has 2 fully saturated rings. The molecule has 0 bridgehead atoms. The average molecular weight is 325 g/mol. The summed E-state index contributed by atoms with van der Waals surface area (Å²) in [6.45, 7) is 15.0. The minimum absolute atomic E-state index is 0.129. The Morgan fingerprint density at radius 1 is 1.22 bits per heavy atom. The molecule has 2 amide bonds. The van der Waals surface area contributed by atoms with Gasteiger partial charge in [0.05, 0.1) is 0 Å². The van der Waals surface area contributed by atoms with Crippen LogP contribution < -0.4 is 5.32 Å². The number of carbonyl (C=O) groups is 1.